The summed E-state index contributed by atoms with van der Waals surface area (Å²) in [7, 11) is 0. The summed E-state index contributed by atoms with van der Waals surface area (Å²) in [6, 6.07) is 6.63. The fourth-order valence-electron chi connectivity index (χ4n) is 2.15. The van der Waals surface area contributed by atoms with Crippen LogP contribution in [0, 0.1) is 0 Å². The number of hydrogen-bond donors (Lipinski definition) is 1. The molecule has 1 heterocycles. The highest BCUT2D eigenvalue weighted by molar-refractivity contribution is 9.10. The van der Waals surface area contributed by atoms with Crippen LogP contribution in [-0.2, 0) is 9.53 Å². The maximum atomic E-state index is 12.5. The van der Waals surface area contributed by atoms with Gasteiger partial charge in [-0.3, -0.25) is 4.90 Å². The molecule has 1 amide bonds. The number of benzene rings is 1. The summed E-state index contributed by atoms with van der Waals surface area (Å²) in [6.45, 7) is 5.29. The van der Waals surface area contributed by atoms with Crippen molar-refractivity contribution in [3.63, 3.8) is 0 Å². The number of amides is 1. The Morgan fingerprint density at radius 3 is 2.64 bits per heavy atom. The lowest BCUT2D eigenvalue weighted by atomic mass is 10.2. The minimum Gasteiger partial charge on any atom is -0.480 e. The molecule has 120 valence electrons. The van der Waals surface area contributed by atoms with Gasteiger partial charge in [-0.05, 0) is 38.5 Å². The number of rotatable bonds is 2. The smallest absolute Gasteiger partial charge is 0.412 e. The molecule has 2 rings (SSSR count). The number of carbonyl (C=O) groups excluding carboxylic acids is 1. The van der Waals surface area contributed by atoms with Crippen molar-refractivity contribution in [2.24, 2.45) is 0 Å². The number of carboxylic acids is 1. The van der Waals surface area contributed by atoms with E-state index in [0.29, 0.717) is 5.75 Å². The second kappa shape index (κ2) is 6.50. The van der Waals surface area contributed by atoms with Crippen LogP contribution in [0.25, 0.3) is 0 Å². The van der Waals surface area contributed by atoms with E-state index >= 15 is 0 Å². The largest absolute Gasteiger partial charge is 0.480 e. The zero-order valence-electron chi connectivity index (χ0n) is 12.6. The van der Waals surface area contributed by atoms with Crippen LogP contribution in [0.5, 0.6) is 0 Å². The Bertz CT molecular complexity index is 587. The third-order valence-electron chi connectivity index (χ3n) is 3.02. The predicted octanol–water partition coefficient (Wildman–Crippen LogP) is 3.88. The number of nitrogens with zero attached hydrogens (tertiary/aromatic N) is 1. The fourth-order valence-corrected chi connectivity index (χ4v) is 3.97. The standard InChI is InChI=1S/C15H18BrNO4S/c1-15(2,3)21-14(20)17-11(13(18)19)8-22-12(17)9-5-4-6-10(16)7-9/h4-7,11-12H,8H2,1-3H3,(H,18,19)/t11-,12+/m1/s1. The van der Waals surface area contributed by atoms with Crippen molar-refractivity contribution < 1.29 is 19.4 Å². The Kier molecular flexibility index (Phi) is 5.07. The summed E-state index contributed by atoms with van der Waals surface area (Å²) >= 11 is 4.83. The molecule has 0 radical (unpaired) electrons. The van der Waals surface area contributed by atoms with Crippen molar-refractivity contribution >= 4 is 39.8 Å². The Balaban J connectivity index is 2.32. The lowest BCUT2D eigenvalue weighted by Gasteiger charge is -2.30. The molecule has 0 aromatic heterocycles. The maximum absolute atomic E-state index is 12.5. The van der Waals surface area contributed by atoms with Crippen LogP contribution in [0.2, 0.25) is 0 Å². The first-order chi connectivity index (χ1) is 10.2. The van der Waals surface area contributed by atoms with Gasteiger partial charge in [0.05, 0.1) is 0 Å². The molecule has 2 atom stereocenters. The number of thioether (sulfide) groups is 1. The normalized spacial score (nSPS) is 21.7. The van der Waals surface area contributed by atoms with E-state index in [9.17, 15) is 14.7 Å². The van der Waals surface area contributed by atoms with Gasteiger partial charge >= 0.3 is 12.1 Å². The predicted molar refractivity (Wildman–Crippen MR) is 88.8 cm³/mol. The van der Waals surface area contributed by atoms with Gasteiger partial charge in [-0.1, -0.05) is 28.1 Å². The summed E-state index contributed by atoms with van der Waals surface area (Å²) in [6.07, 6.45) is -0.602. The number of ether oxygens (including phenoxy) is 1. The minimum absolute atomic E-state index is 0.339. The Labute approximate surface area is 142 Å². The van der Waals surface area contributed by atoms with Crippen LogP contribution in [0.4, 0.5) is 4.79 Å². The van der Waals surface area contributed by atoms with E-state index in [4.69, 9.17) is 4.74 Å². The average Bonchev–Trinajstić information content (AvgIpc) is 2.81. The molecular formula is C15H18BrNO4S. The Morgan fingerprint density at radius 2 is 2.09 bits per heavy atom. The summed E-state index contributed by atoms with van der Waals surface area (Å²) < 4.78 is 6.27. The van der Waals surface area contributed by atoms with Gasteiger partial charge in [0.2, 0.25) is 0 Å². The van der Waals surface area contributed by atoms with Gasteiger partial charge < -0.3 is 9.84 Å². The first-order valence-corrected chi connectivity index (χ1v) is 8.64. The summed E-state index contributed by atoms with van der Waals surface area (Å²) in [5.41, 5.74) is 0.198. The zero-order valence-corrected chi connectivity index (χ0v) is 15.0. The molecule has 1 aliphatic rings. The zero-order chi connectivity index (χ0) is 16.5. The third-order valence-corrected chi connectivity index (χ3v) is 4.84. The third kappa shape index (κ3) is 3.95. The molecule has 1 aromatic rings. The highest BCUT2D eigenvalue weighted by Crippen LogP contribution is 2.42. The molecule has 7 heteroatoms. The molecule has 1 N–H and O–H groups in total. The molecule has 22 heavy (non-hydrogen) atoms. The fraction of sp³-hybridized carbons (Fsp3) is 0.467. The van der Waals surface area contributed by atoms with Crippen molar-refractivity contribution in [1.29, 1.82) is 0 Å². The highest BCUT2D eigenvalue weighted by atomic mass is 79.9. The van der Waals surface area contributed by atoms with Gasteiger partial charge in [0.1, 0.15) is 17.0 Å². The number of hydrogen-bond acceptors (Lipinski definition) is 4. The minimum atomic E-state index is -1.02. The second-order valence-corrected chi connectivity index (χ2v) is 8.01. The monoisotopic (exact) mass is 387 g/mol. The van der Waals surface area contributed by atoms with Crippen molar-refractivity contribution in [1.82, 2.24) is 4.90 Å². The Morgan fingerprint density at radius 1 is 1.41 bits per heavy atom. The molecule has 0 saturated carbocycles. The summed E-state index contributed by atoms with van der Waals surface area (Å²) in [5, 5.41) is 9.01. The van der Waals surface area contributed by atoms with Crippen LogP contribution in [0.15, 0.2) is 28.7 Å². The number of carboxylic acid groups (broad SMARTS) is 1. The topological polar surface area (TPSA) is 66.8 Å². The summed E-state index contributed by atoms with van der Waals surface area (Å²) in [5.74, 6) is -0.679. The molecule has 1 saturated heterocycles. The summed E-state index contributed by atoms with van der Waals surface area (Å²) in [4.78, 5) is 25.2. The van der Waals surface area contributed by atoms with Gasteiger partial charge in [-0.15, -0.1) is 11.8 Å². The molecular weight excluding hydrogens is 370 g/mol. The molecule has 0 spiro atoms. The van der Waals surface area contributed by atoms with E-state index in [0.717, 1.165) is 10.0 Å². The number of carbonyl (C=O) groups is 2. The van der Waals surface area contributed by atoms with Gasteiger partial charge in [-0.2, -0.15) is 0 Å². The van der Waals surface area contributed by atoms with Crippen molar-refractivity contribution in [3.8, 4) is 0 Å². The van der Waals surface area contributed by atoms with Crippen LogP contribution >= 0.6 is 27.7 Å². The van der Waals surface area contributed by atoms with E-state index in [1.807, 2.05) is 24.3 Å². The highest BCUT2D eigenvalue weighted by Gasteiger charge is 2.44. The SMILES string of the molecule is CC(C)(C)OC(=O)N1[C@@H](C(=O)O)CS[C@H]1c1cccc(Br)c1. The first-order valence-electron chi connectivity index (χ1n) is 6.80. The van der Waals surface area contributed by atoms with Crippen LogP contribution in [-0.4, -0.2) is 39.5 Å². The molecule has 0 aliphatic carbocycles. The molecule has 1 aromatic carbocycles. The molecule has 1 aliphatic heterocycles. The molecule has 0 bridgehead atoms. The van der Waals surface area contributed by atoms with E-state index in [-0.39, 0.29) is 5.37 Å². The van der Waals surface area contributed by atoms with Gasteiger partial charge in [-0.25, -0.2) is 9.59 Å². The maximum Gasteiger partial charge on any atom is 0.412 e. The lowest BCUT2D eigenvalue weighted by Crippen LogP contribution is -2.45. The van der Waals surface area contributed by atoms with E-state index in [2.05, 4.69) is 15.9 Å². The molecule has 5 nitrogen and oxygen atoms in total. The van der Waals surface area contributed by atoms with Crippen molar-refractivity contribution in [3.05, 3.63) is 34.3 Å². The lowest BCUT2D eigenvalue weighted by molar-refractivity contribution is -0.142. The van der Waals surface area contributed by atoms with Crippen LogP contribution < -0.4 is 0 Å². The van der Waals surface area contributed by atoms with Gasteiger partial charge in [0.25, 0.3) is 0 Å². The van der Waals surface area contributed by atoms with E-state index < -0.39 is 23.7 Å². The van der Waals surface area contributed by atoms with Crippen LogP contribution in [0.1, 0.15) is 31.7 Å². The van der Waals surface area contributed by atoms with Crippen LogP contribution in [0.3, 0.4) is 0 Å². The number of halogens is 1. The van der Waals surface area contributed by atoms with Gasteiger partial charge in [0.15, 0.2) is 0 Å². The van der Waals surface area contributed by atoms with Crippen molar-refractivity contribution in [2.75, 3.05) is 5.75 Å². The Hall–Kier alpha value is -1.21. The average molecular weight is 388 g/mol. The molecule has 0 unspecified atom stereocenters. The first kappa shape index (κ1) is 17.1. The van der Waals surface area contributed by atoms with Gasteiger partial charge in [0, 0.05) is 10.2 Å². The van der Waals surface area contributed by atoms with Crippen molar-refractivity contribution in [2.45, 2.75) is 37.8 Å². The molecule has 1 fully saturated rings. The second-order valence-electron chi connectivity index (χ2n) is 5.98. The van der Waals surface area contributed by atoms with E-state index in [1.54, 1.807) is 20.8 Å². The van der Waals surface area contributed by atoms with E-state index in [1.165, 1.54) is 16.7 Å². The quantitative estimate of drug-likeness (QED) is 0.833. The number of aliphatic carboxylic acids is 1.